The molecule has 5 rings (SSSR count). The van der Waals surface area contributed by atoms with Gasteiger partial charge in [0.1, 0.15) is 5.82 Å². The van der Waals surface area contributed by atoms with Gasteiger partial charge in [-0.2, -0.15) is 0 Å². The molecule has 0 unspecified atom stereocenters. The van der Waals surface area contributed by atoms with E-state index in [1.807, 2.05) is 97.1 Å². The van der Waals surface area contributed by atoms with E-state index in [4.69, 9.17) is 0 Å². The number of hydrogen-bond acceptors (Lipinski definition) is 1. The summed E-state index contributed by atoms with van der Waals surface area (Å²) >= 11 is 0. The summed E-state index contributed by atoms with van der Waals surface area (Å²) in [5.41, 5.74) is 3.42. The Morgan fingerprint density at radius 3 is 1.74 bits per heavy atom. The van der Waals surface area contributed by atoms with E-state index < -0.39 is 7.14 Å². The van der Waals surface area contributed by atoms with Crippen molar-refractivity contribution in [2.45, 2.75) is 12.8 Å². The summed E-state index contributed by atoms with van der Waals surface area (Å²) in [6.07, 6.45) is 1.09. The predicted octanol–water partition coefficient (Wildman–Crippen LogP) is 6.55. The summed E-state index contributed by atoms with van der Waals surface area (Å²) in [6.45, 7) is 0. The molecule has 1 nitrogen and oxygen atoms in total. The Labute approximate surface area is 182 Å². The Balaban J connectivity index is 1.89. The van der Waals surface area contributed by atoms with Crippen molar-refractivity contribution in [2.75, 3.05) is 0 Å². The average Bonchev–Trinajstić information content (AvgIpc) is 2.85. The zero-order chi connectivity index (χ0) is 21.3. The van der Waals surface area contributed by atoms with Crippen molar-refractivity contribution >= 4 is 23.3 Å². The molecule has 0 amide bonds. The third-order valence-electron chi connectivity index (χ3n) is 5.97. The summed E-state index contributed by atoms with van der Waals surface area (Å²) in [6, 6.07) is 34.6. The van der Waals surface area contributed by atoms with Crippen LogP contribution in [0.25, 0.3) is 5.57 Å². The van der Waals surface area contributed by atoms with Gasteiger partial charge in [0.25, 0.3) is 0 Å². The monoisotopic (exact) mass is 424 g/mol. The molecule has 0 fully saturated rings. The second-order valence-corrected chi connectivity index (χ2v) is 10.5. The Kier molecular flexibility index (Phi) is 5.18. The highest BCUT2D eigenvalue weighted by atomic mass is 31.2. The molecule has 0 spiro atoms. The number of hydrogen-bond donors (Lipinski definition) is 0. The van der Waals surface area contributed by atoms with Gasteiger partial charge in [0.05, 0.1) is 0 Å². The fourth-order valence-electron chi connectivity index (χ4n) is 4.55. The lowest BCUT2D eigenvalue weighted by atomic mass is 9.86. The van der Waals surface area contributed by atoms with Crippen LogP contribution in [0.2, 0.25) is 0 Å². The van der Waals surface area contributed by atoms with Crippen LogP contribution < -0.4 is 10.6 Å². The summed E-state index contributed by atoms with van der Waals surface area (Å²) in [5, 5.41) is 2.52. The van der Waals surface area contributed by atoms with Crippen LogP contribution in [-0.4, -0.2) is 0 Å². The van der Waals surface area contributed by atoms with Gasteiger partial charge in [-0.15, -0.1) is 0 Å². The minimum atomic E-state index is -3.13. The zero-order valence-corrected chi connectivity index (χ0v) is 17.9. The first-order valence-corrected chi connectivity index (χ1v) is 12.2. The van der Waals surface area contributed by atoms with Crippen LogP contribution in [0.5, 0.6) is 0 Å². The van der Waals surface area contributed by atoms with Crippen molar-refractivity contribution < 1.29 is 8.96 Å². The van der Waals surface area contributed by atoms with Crippen LogP contribution >= 0.6 is 7.14 Å². The maximum Gasteiger partial charge on any atom is 0.167 e. The van der Waals surface area contributed by atoms with Crippen molar-refractivity contribution in [1.29, 1.82) is 0 Å². The molecule has 0 heterocycles. The smallest absolute Gasteiger partial charge is 0.167 e. The van der Waals surface area contributed by atoms with Crippen molar-refractivity contribution in [3.63, 3.8) is 0 Å². The highest BCUT2D eigenvalue weighted by Gasteiger charge is 2.37. The lowest BCUT2D eigenvalue weighted by Gasteiger charge is -2.30. The largest absolute Gasteiger partial charge is 0.309 e. The summed E-state index contributed by atoms with van der Waals surface area (Å²) < 4.78 is 29.8. The lowest BCUT2D eigenvalue weighted by molar-refractivity contribution is 0.587. The Bertz CT molecular complexity index is 1250. The second kappa shape index (κ2) is 8.13. The van der Waals surface area contributed by atoms with Gasteiger partial charge in [-0.25, -0.2) is 4.39 Å². The maximum absolute atomic E-state index is 15.1. The lowest BCUT2D eigenvalue weighted by Crippen LogP contribution is -2.21. The van der Waals surface area contributed by atoms with Crippen LogP contribution in [0.3, 0.4) is 0 Å². The first kappa shape index (κ1) is 19.7. The molecule has 0 aliphatic heterocycles. The summed E-state index contributed by atoms with van der Waals surface area (Å²) in [7, 11) is -3.13. The van der Waals surface area contributed by atoms with Crippen LogP contribution in [0.15, 0.2) is 115 Å². The quantitative estimate of drug-likeness (QED) is 0.340. The van der Waals surface area contributed by atoms with Crippen molar-refractivity contribution in [2.24, 2.45) is 0 Å². The van der Waals surface area contributed by atoms with Crippen LogP contribution in [0, 0.1) is 5.82 Å². The number of allylic oxidation sites excluding steroid dienone is 1. The molecule has 1 aliphatic carbocycles. The fourth-order valence-corrected chi connectivity index (χ4v) is 7.65. The highest BCUT2D eigenvalue weighted by molar-refractivity contribution is 7.82. The van der Waals surface area contributed by atoms with Crippen molar-refractivity contribution in [1.82, 2.24) is 0 Å². The number of halogens is 1. The van der Waals surface area contributed by atoms with E-state index in [0.29, 0.717) is 18.4 Å². The van der Waals surface area contributed by atoms with Gasteiger partial charge in [-0.1, -0.05) is 103 Å². The van der Waals surface area contributed by atoms with E-state index in [9.17, 15) is 4.39 Å². The minimum Gasteiger partial charge on any atom is -0.309 e. The summed E-state index contributed by atoms with van der Waals surface area (Å²) in [5.74, 6) is -0.195. The van der Waals surface area contributed by atoms with Gasteiger partial charge in [0, 0.05) is 15.9 Å². The third-order valence-corrected chi connectivity index (χ3v) is 9.23. The van der Waals surface area contributed by atoms with E-state index in [0.717, 1.165) is 32.6 Å². The van der Waals surface area contributed by atoms with E-state index in [1.54, 1.807) is 6.07 Å². The van der Waals surface area contributed by atoms with Crippen molar-refractivity contribution in [3.8, 4) is 0 Å². The Morgan fingerprint density at radius 2 is 1.16 bits per heavy atom. The molecule has 0 aromatic heterocycles. The molecule has 0 atom stereocenters. The first-order valence-electron chi connectivity index (χ1n) is 10.5. The molecule has 0 bridgehead atoms. The van der Waals surface area contributed by atoms with Crippen LogP contribution in [-0.2, 0) is 11.0 Å². The molecule has 4 aromatic rings. The number of benzene rings is 4. The van der Waals surface area contributed by atoms with E-state index in [1.165, 1.54) is 6.07 Å². The number of fused-ring (bicyclic) bond motifs is 1. The summed E-state index contributed by atoms with van der Waals surface area (Å²) in [4.78, 5) is 0. The molecule has 4 aromatic carbocycles. The Hall–Kier alpha value is -3.22. The predicted molar refractivity (Wildman–Crippen MR) is 127 cm³/mol. The molecule has 0 N–H and O–H groups in total. The van der Waals surface area contributed by atoms with Gasteiger partial charge >= 0.3 is 0 Å². The van der Waals surface area contributed by atoms with E-state index in [2.05, 4.69) is 0 Å². The van der Waals surface area contributed by atoms with Gasteiger partial charge < -0.3 is 4.57 Å². The number of rotatable bonds is 4. The molecule has 1 aliphatic rings. The van der Waals surface area contributed by atoms with Crippen molar-refractivity contribution in [3.05, 3.63) is 137 Å². The molecule has 31 heavy (non-hydrogen) atoms. The standard InChI is InChI=1S/C28H22FOP/c29-26-18-10-17-25-24(26)19-20-27(28(25)21-11-4-1-5-12-21)31(30,22-13-6-2-7-14-22)23-15-8-3-9-16-23/h1-18H,19-20H2. The highest BCUT2D eigenvalue weighted by Crippen LogP contribution is 2.58. The van der Waals surface area contributed by atoms with E-state index >= 15 is 4.57 Å². The molecule has 0 saturated carbocycles. The van der Waals surface area contributed by atoms with Gasteiger partial charge in [0.15, 0.2) is 7.14 Å². The molecule has 152 valence electrons. The van der Waals surface area contributed by atoms with Crippen LogP contribution in [0.4, 0.5) is 4.39 Å². The molecule has 3 heteroatoms. The molecular weight excluding hydrogens is 402 g/mol. The van der Waals surface area contributed by atoms with Crippen LogP contribution in [0.1, 0.15) is 23.1 Å². The topological polar surface area (TPSA) is 17.1 Å². The van der Waals surface area contributed by atoms with E-state index in [-0.39, 0.29) is 5.82 Å². The fraction of sp³-hybridized carbons (Fsp3) is 0.0714. The third kappa shape index (κ3) is 3.38. The SMILES string of the molecule is O=P(C1=C(c2ccccc2)c2cccc(F)c2CC1)(c1ccccc1)c1ccccc1. The van der Waals surface area contributed by atoms with Gasteiger partial charge in [0.2, 0.25) is 0 Å². The first-order chi connectivity index (χ1) is 15.2. The van der Waals surface area contributed by atoms with Gasteiger partial charge in [-0.3, -0.25) is 0 Å². The second-order valence-electron chi connectivity index (χ2n) is 7.73. The van der Waals surface area contributed by atoms with Gasteiger partial charge in [-0.05, 0) is 41.2 Å². The minimum absolute atomic E-state index is 0.195. The molecule has 0 radical (unpaired) electrons. The maximum atomic E-state index is 15.1. The normalized spacial score (nSPS) is 13.7. The Morgan fingerprint density at radius 1 is 0.613 bits per heavy atom. The average molecular weight is 424 g/mol. The zero-order valence-electron chi connectivity index (χ0n) is 17.0. The molecule has 0 saturated heterocycles. The molecular formula is C28H22FOP.